The van der Waals surface area contributed by atoms with Gasteiger partial charge in [0.2, 0.25) is 0 Å². The van der Waals surface area contributed by atoms with Crippen LogP contribution in [0, 0.1) is 6.92 Å². The van der Waals surface area contributed by atoms with Crippen molar-refractivity contribution in [2.24, 2.45) is 0 Å². The first-order valence-corrected chi connectivity index (χ1v) is 6.20. The fourth-order valence-corrected chi connectivity index (χ4v) is 1.97. The maximum atomic E-state index is 11.8. The summed E-state index contributed by atoms with van der Waals surface area (Å²) in [4.78, 5) is 22.5. The number of ketones is 1. The van der Waals surface area contributed by atoms with Crippen LogP contribution in [-0.2, 0) is 4.79 Å². The molecule has 92 valence electrons. The number of hydrogen-bond donors (Lipinski definition) is 2. The molecule has 0 saturated carbocycles. The molecule has 17 heavy (non-hydrogen) atoms. The van der Waals surface area contributed by atoms with Crippen LogP contribution in [0.5, 0.6) is 0 Å². The smallest absolute Gasteiger partial charge is 0.337 e. The molecule has 1 aromatic carbocycles. The molecule has 0 bridgehead atoms. The molecule has 1 atom stereocenters. The lowest BCUT2D eigenvalue weighted by atomic mass is 9.95. The van der Waals surface area contributed by atoms with Crippen LogP contribution in [0.25, 0.3) is 0 Å². The predicted molar refractivity (Wildman–Crippen MR) is 66.5 cm³/mol. The van der Waals surface area contributed by atoms with Crippen molar-refractivity contribution in [1.29, 1.82) is 0 Å². The third kappa shape index (κ3) is 3.14. The van der Waals surface area contributed by atoms with Gasteiger partial charge in [0.25, 0.3) is 0 Å². The number of Topliss-reactive ketones (excluding diaryl/α,β-unsaturated/α-hetero) is 1. The monoisotopic (exact) mass is 300 g/mol. The average Bonchev–Trinajstić information content (AvgIpc) is 2.28. The summed E-state index contributed by atoms with van der Waals surface area (Å²) in [6.45, 7) is 1.64. The van der Waals surface area contributed by atoms with Crippen LogP contribution >= 0.6 is 15.9 Å². The van der Waals surface area contributed by atoms with Crippen molar-refractivity contribution in [3.8, 4) is 0 Å². The van der Waals surface area contributed by atoms with Gasteiger partial charge in [-0.25, -0.2) is 4.79 Å². The highest BCUT2D eigenvalue weighted by molar-refractivity contribution is 9.09. The largest absolute Gasteiger partial charge is 0.479 e. The van der Waals surface area contributed by atoms with E-state index in [9.17, 15) is 14.7 Å². The second kappa shape index (κ2) is 5.93. The zero-order valence-electron chi connectivity index (χ0n) is 9.31. The maximum Gasteiger partial charge on any atom is 0.337 e. The van der Waals surface area contributed by atoms with E-state index in [1.807, 2.05) is 0 Å². The van der Waals surface area contributed by atoms with Gasteiger partial charge in [-0.3, -0.25) is 4.79 Å². The third-order valence-corrected chi connectivity index (χ3v) is 2.92. The van der Waals surface area contributed by atoms with Crippen LogP contribution in [0.1, 0.15) is 34.0 Å². The van der Waals surface area contributed by atoms with E-state index >= 15 is 0 Å². The van der Waals surface area contributed by atoms with Crippen LogP contribution in [0.3, 0.4) is 0 Å². The van der Waals surface area contributed by atoms with Gasteiger partial charge in [-0.2, -0.15) is 0 Å². The van der Waals surface area contributed by atoms with Gasteiger partial charge >= 0.3 is 5.97 Å². The van der Waals surface area contributed by atoms with Crippen molar-refractivity contribution in [3.63, 3.8) is 0 Å². The summed E-state index contributed by atoms with van der Waals surface area (Å²) in [6, 6.07) is 4.73. The number of rotatable bonds is 5. The lowest BCUT2D eigenvalue weighted by molar-refractivity contribution is -0.147. The lowest BCUT2D eigenvalue weighted by Gasteiger charge is -2.12. The SMILES string of the molecule is Cc1c(C(=O)CCBr)cccc1C(O)C(=O)O. The number of benzene rings is 1. The van der Waals surface area contributed by atoms with E-state index in [2.05, 4.69) is 15.9 Å². The molecule has 0 aromatic heterocycles. The fourth-order valence-electron chi connectivity index (χ4n) is 1.61. The van der Waals surface area contributed by atoms with E-state index in [1.165, 1.54) is 6.07 Å². The number of carbonyl (C=O) groups excluding carboxylic acids is 1. The van der Waals surface area contributed by atoms with E-state index in [1.54, 1.807) is 19.1 Å². The standard InChI is InChI=1S/C12H13BrO4/c1-7-8(10(14)5-6-13)3-2-4-9(7)11(15)12(16)17/h2-4,11,15H,5-6H2,1H3,(H,16,17). The van der Waals surface area contributed by atoms with E-state index < -0.39 is 12.1 Å². The van der Waals surface area contributed by atoms with E-state index in [4.69, 9.17) is 5.11 Å². The Balaban J connectivity index is 3.15. The molecule has 0 amide bonds. The fraction of sp³-hybridized carbons (Fsp3) is 0.333. The molecular formula is C12H13BrO4. The van der Waals surface area contributed by atoms with Gasteiger partial charge in [0.05, 0.1) is 0 Å². The molecule has 0 spiro atoms. The number of carboxylic acid groups (broad SMARTS) is 1. The number of carbonyl (C=O) groups is 2. The Morgan fingerprint density at radius 2 is 2.06 bits per heavy atom. The topological polar surface area (TPSA) is 74.6 Å². The van der Waals surface area contributed by atoms with E-state index in [0.717, 1.165) is 0 Å². The van der Waals surface area contributed by atoms with Crippen LogP contribution in [-0.4, -0.2) is 27.3 Å². The molecule has 0 aliphatic rings. The van der Waals surface area contributed by atoms with Crippen LogP contribution in [0.4, 0.5) is 0 Å². The number of carboxylic acids is 1. The molecule has 2 N–H and O–H groups in total. The first kappa shape index (κ1) is 13.9. The molecule has 5 heteroatoms. The molecule has 4 nitrogen and oxygen atoms in total. The minimum atomic E-state index is -1.59. The Labute approximate surface area is 107 Å². The Morgan fingerprint density at radius 3 is 2.59 bits per heavy atom. The van der Waals surface area contributed by atoms with E-state index in [-0.39, 0.29) is 11.3 Å². The second-order valence-electron chi connectivity index (χ2n) is 3.62. The molecule has 1 rings (SSSR count). The van der Waals surface area contributed by atoms with Crippen molar-refractivity contribution in [2.45, 2.75) is 19.4 Å². The summed E-state index contributed by atoms with van der Waals surface area (Å²) in [7, 11) is 0. The summed E-state index contributed by atoms with van der Waals surface area (Å²) in [5, 5.41) is 18.8. The molecule has 0 aliphatic heterocycles. The second-order valence-corrected chi connectivity index (χ2v) is 4.42. The zero-order valence-corrected chi connectivity index (χ0v) is 10.9. The molecule has 0 saturated heterocycles. The van der Waals surface area contributed by atoms with Crippen molar-refractivity contribution in [3.05, 3.63) is 34.9 Å². The quantitative estimate of drug-likeness (QED) is 0.645. The van der Waals surface area contributed by atoms with Gasteiger partial charge in [-0.1, -0.05) is 34.1 Å². The van der Waals surface area contributed by atoms with Crippen LogP contribution < -0.4 is 0 Å². The number of alkyl halides is 1. The Bertz CT molecular complexity index is 442. The number of halogens is 1. The molecule has 1 unspecified atom stereocenters. The van der Waals surface area contributed by atoms with Gasteiger partial charge in [0, 0.05) is 17.3 Å². The minimum absolute atomic E-state index is 0.0705. The maximum absolute atomic E-state index is 11.8. The first-order valence-electron chi connectivity index (χ1n) is 5.08. The predicted octanol–water partition coefficient (Wildman–Crippen LogP) is 2.08. The van der Waals surface area contributed by atoms with Crippen molar-refractivity contribution in [1.82, 2.24) is 0 Å². The van der Waals surface area contributed by atoms with E-state index in [0.29, 0.717) is 22.9 Å². The number of aliphatic carboxylic acids is 1. The van der Waals surface area contributed by atoms with Crippen molar-refractivity contribution >= 4 is 27.7 Å². The number of hydrogen-bond acceptors (Lipinski definition) is 3. The van der Waals surface area contributed by atoms with Gasteiger partial charge in [-0.05, 0) is 18.1 Å². The van der Waals surface area contributed by atoms with Crippen LogP contribution in [0.2, 0.25) is 0 Å². The van der Waals surface area contributed by atoms with Gasteiger partial charge in [0.1, 0.15) is 0 Å². The third-order valence-electron chi connectivity index (χ3n) is 2.53. The molecular weight excluding hydrogens is 288 g/mol. The summed E-state index contributed by atoms with van der Waals surface area (Å²) in [6.07, 6.45) is -1.25. The number of aliphatic hydroxyl groups excluding tert-OH is 1. The summed E-state index contributed by atoms with van der Waals surface area (Å²) >= 11 is 3.18. The highest BCUT2D eigenvalue weighted by Crippen LogP contribution is 2.22. The molecule has 0 heterocycles. The summed E-state index contributed by atoms with van der Waals surface area (Å²) < 4.78 is 0. The van der Waals surface area contributed by atoms with Gasteiger partial charge in [0.15, 0.2) is 11.9 Å². The Kier molecular flexibility index (Phi) is 4.84. The molecule has 0 radical (unpaired) electrons. The van der Waals surface area contributed by atoms with Crippen LogP contribution in [0.15, 0.2) is 18.2 Å². The summed E-state index contributed by atoms with van der Waals surface area (Å²) in [5.41, 5.74) is 1.24. The zero-order chi connectivity index (χ0) is 13.0. The summed E-state index contributed by atoms with van der Waals surface area (Å²) in [5.74, 6) is -1.39. The number of aliphatic hydroxyl groups is 1. The Hall–Kier alpha value is -1.20. The molecule has 1 aromatic rings. The first-order chi connectivity index (χ1) is 7.99. The van der Waals surface area contributed by atoms with Crippen molar-refractivity contribution < 1.29 is 19.8 Å². The highest BCUT2D eigenvalue weighted by atomic mass is 79.9. The molecule has 0 aliphatic carbocycles. The van der Waals surface area contributed by atoms with Crippen molar-refractivity contribution in [2.75, 3.05) is 5.33 Å². The normalized spacial score (nSPS) is 12.2. The van der Waals surface area contributed by atoms with Gasteiger partial charge < -0.3 is 10.2 Å². The lowest BCUT2D eigenvalue weighted by Crippen LogP contribution is -2.14. The van der Waals surface area contributed by atoms with Gasteiger partial charge in [-0.15, -0.1) is 0 Å². The highest BCUT2D eigenvalue weighted by Gasteiger charge is 2.20. The minimum Gasteiger partial charge on any atom is -0.479 e. The average molecular weight is 301 g/mol. The Morgan fingerprint density at radius 1 is 1.41 bits per heavy atom. The molecule has 0 fully saturated rings.